The van der Waals surface area contributed by atoms with Gasteiger partial charge in [0.2, 0.25) is 0 Å². The monoisotopic (exact) mass is 198 g/mol. The van der Waals surface area contributed by atoms with E-state index in [2.05, 4.69) is 29.2 Å². The molecule has 1 rings (SSSR count). The van der Waals surface area contributed by atoms with Gasteiger partial charge in [0.25, 0.3) is 0 Å². The second kappa shape index (κ2) is 6.13. The summed E-state index contributed by atoms with van der Waals surface area (Å²) in [6, 6.07) is 2.66. The lowest BCUT2D eigenvalue weighted by molar-refractivity contribution is 0.460. The molecule has 0 aromatic carbocycles. The Morgan fingerprint density at radius 2 is 2.38 bits per heavy atom. The minimum absolute atomic E-state index is 0.477. The zero-order valence-electron chi connectivity index (χ0n) is 8.12. The van der Waals surface area contributed by atoms with E-state index >= 15 is 0 Å². The van der Waals surface area contributed by atoms with Crippen LogP contribution in [0.1, 0.15) is 31.7 Å². The van der Waals surface area contributed by atoms with Crippen molar-refractivity contribution < 1.29 is 0 Å². The number of hydrogen-bond donors (Lipinski definition) is 2. The Kier molecular flexibility index (Phi) is 5.05. The molecule has 1 unspecified atom stereocenters. The van der Waals surface area contributed by atoms with Gasteiger partial charge < -0.3 is 0 Å². The highest BCUT2D eigenvalue weighted by Crippen LogP contribution is 2.11. The standard InChI is InChI=1S/C10H18N2S/c1-2-3-10(12-11)5-4-9-6-7-13-8-9/h6-8,10,12H,2-5,11H2,1H3. The Morgan fingerprint density at radius 3 is 2.92 bits per heavy atom. The average molecular weight is 198 g/mol. The van der Waals surface area contributed by atoms with Gasteiger partial charge in [-0.15, -0.1) is 0 Å². The molecule has 1 aromatic heterocycles. The van der Waals surface area contributed by atoms with E-state index in [1.165, 1.54) is 18.4 Å². The predicted octanol–water partition coefficient (Wildman–Crippen LogP) is 2.31. The summed E-state index contributed by atoms with van der Waals surface area (Å²) in [7, 11) is 0. The molecule has 0 aliphatic carbocycles. The number of thiophene rings is 1. The predicted molar refractivity (Wildman–Crippen MR) is 58.7 cm³/mol. The molecule has 0 amide bonds. The molecule has 0 fully saturated rings. The number of hydrazine groups is 1. The first-order valence-electron chi connectivity index (χ1n) is 4.84. The van der Waals surface area contributed by atoms with Gasteiger partial charge in [0.1, 0.15) is 0 Å². The minimum atomic E-state index is 0.477. The van der Waals surface area contributed by atoms with Crippen LogP contribution in [0.3, 0.4) is 0 Å². The van der Waals surface area contributed by atoms with E-state index in [9.17, 15) is 0 Å². The molecule has 3 N–H and O–H groups in total. The molecule has 1 heterocycles. The lowest BCUT2D eigenvalue weighted by Gasteiger charge is -2.13. The molecule has 0 radical (unpaired) electrons. The molecular weight excluding hydrogens is 180 g/mol. The summed E-state index contributed by atoms with van der Waals surface area (Å²) < 4.78 is 0. The number of nitrogens with two attached hydrogens (primary N) is 1. The Balaban J connectivity index is 2.23. The van der Waals surface area contributed by atoms with E-state index in [0.717, 1.165) is 12.8 Å². The Morgan fingerprint density at radius 1 is 1.54 bits per heavy atom. The van der Waals surface area contributed by atoms with Crippen LogP contribution in [0.5, 0.6) is 0 Å². The second-order valence-electron chi connectivity index (χ2n) is 3.32. The summed E-state index contributed by atoms with van der Waals surface area (Å²) in [4.78, 5) is 0. The van der Waals surface area contributed by atoms with Crippen LogP contribution in [-0.4, -0.2) is 6.04 Å². The van der Waals surface area contributed by atoms with E-state index < -0.39 is 0 Å². The Bertz CT molecular complexity index is 209. The maximum Gasteiger partial charge on any atom is 0.0213 e. The molecule has 0 saturated heterocycles. The van der Waals surface area contributed by atoms with Crippen molar-refractivity contribution >= 4 is 11.3 Å². The van der Waals surface area contributed by atoms with Gasteiger partial charge in [-0.25, -0.2) is 0 Å². The Hall–Kier alpha value is -0.380. The van der Waals surface area contributed by atoms with Crippen molar-refractivity contribution in [1.29, 1.82) is 0 Å². The summed E-state index contributed by atoms with van der Waals surface area (Å²) in [6.07, 6.45) is 4.64. The average Bonchev–Trinajstić information content (AvgIpc) is 2.64. The quantitative estimate of drug-likeness (QED) is 0.544. The van der Waals surface area contributed by atoms with Crippen LogP contribution in [0.2, 0.25) is 0 Å². The van der Waals surface area contributed by atoms with Crippen molar-refractivity contribution in [2.24, 2.45) is 5.84 Å². The van der Waals surface area contributed by atoms with E-state index in [0.29, 0.717) is 6.04 Å². The highest BCUT2D eigenvalue weighted by Gasteiger charge is 2.04. The highest BCUT2D eigenvalue weighted by atomic mass is 32.1. The Labute approximate surface area is 84.1 Å². The molecule has 0 spiro atoms. The summed E-state index contributed by atoms with van der Waals surface area (Å²) in [5, 5.41) is 4.33. The van der Waals surface area contributed by atoms with Gasteiger partial charge >= 0.3 is 0 Å². The molecule has 3 heteroatoms. The molecule has 1 aromatic rings. The third-order valence-electron chi connectivity index (χ3n) is 2.23. The third kappa shape index (κ3) is 3.89. The first kappa shape index (κ1) is 10.7. The number of nitrogens with one attached hydrogen (secondary N) is 1. The fourth-order valence-electron chi connectivity index (χ4n) is 1.44. The lowest BCUT2D eigenvalue weighted by atomic mass is 10.0. The van der Waals surface area contributed by atoms with Gasteiger partial charge in [-0.1, -0.05) is 13.3 Å². The fraction of sp³-hybridized carbons (Fsp3) is 0.600. The van der Waals surface area contributed by atoms with Gasteiger partial charge in [0, 0.05) is 6.04 Å². The summed E-state index contributed by atoms with van der Waals surface area (Å²) >= 11 is 1.76. The molecule has 0 aliphatic rings. The van der Waals surface area contributed by atoms with Crippen LogP contribution in [0.15, 0.2) is 16.8 Å². The molecule has 13 heavy (non-hydrogen) atoms. The second-order valence-corrected chi connectivity index (χ2v) is 4.10. The van der Waals surface area contributed by atoms with Crippen LogP contribution in [-0.2, 0) is 6.42 Å². The van der Waals surface area contributed by atoms with Gasteiger partial charge in [0.15, 0.2) is 0 Å². The molecule has 0 aliphatic heterocycles. The molecule has 1 atom stereocenters. The van der Waals surface area contributed by atoms with Gasteiger partial charge in [0.05, 0.1) is 0 Å². The minimum Gasteiger partial charge on any atom is -0.271 e. The molecule has 2 nitrogen and oxygen atoms in total. The third-order valence-corrected chi connectivity index (χ3v) is 2.97. The number of hydrogen-bond acceptors (Lipinski definition) is 3. The van der Waals surface area contributed by atoms with Gasteiger partial charge in [-0.2, -0.15) is 11.3 Å². The van der Waals surface area contributed by atoms with Crippen LogP contribution >= 0.6 is 11.3 Å². The summed E-state index contributed by atoms with van der Waals surface area (Å²) in [5.74, 6) is 5.45. The first-order chi connectivity index (χ1) is 6.36. The lowest BCUT2D eigenvalue weighted by Crippen LogP contribution is -2.35. The van der Waals surface area contributed by atoms with Crippen LogP contribution in [0.4, 0.5) is 0 Å². The summed E-state index contributed by atoms with van der Waals surface area (Å²) in [6.45, 7) is 2.19. The van der Waals surface area contributed by atoms with Crippen LogP contribution in [0.25, 0.3) is 0 Å². The molecular formula is C10H18N2S. The first-order valence-corrected chi connectivity index (χ1v) is 5.78. The van der Waals surface area contributed by atoms with Crippen LogP contribution in [0, 0.1) is 0 Å². The maximum atomic E-state index is 5.45. The van der Waals surface area contributed by atoms with Crippen molar-refractivity contribution in [3.8, 4) is 0 Å². The normalized spacial score (nSPS) is 13.1. The van der Waals surface area contributed by atoms with Crippen LogP contribution < -0.4 is 11.3 Å². The molecule has 74 valence electrons. The fourth-order valence-corrected chi connectivity index (χ4v) is 2.14. The highest BCUT2D eigenvalue weighted by molar-refractivity contribution is 7.07. The van der Waals surface area contributed by atoms with Crippen molar-refractivity contribution in [2.75, 3.05) is 0 Å². The topological polar surface area (TPSA) is 38.0 Å². The van der Waals surface area contributed by atoms with Crippen molar-refractivity contribution in [3.63, 3.8) is 0 Å². The van der Waals surface area contributed by atoms with E-state index in [-0.39, 0.29) is 0 Å². The number of aryl methyl sites for hydroxylation is 1. The van der Waals surface area contributed by atoms with E-state index in [1.807, 2.05) is 0 Å². The van der Waals surface area contributed by atoms with E-state index in [1.54, 1.807) is 11.3 Å². The zero-order chi connectivity index (χ0) is 9.52. The van der Waals surface area contributed by atoms with Crippen molar-refractivity contribution in [2.45, 2.75) is 38.6 Å². The van der Waals surface area contributed by atoms with Crippen molar-refractivity contribution in [1.82, 2.24) is 5.43 Å². The number of rotatable bonds is 6. The smallest absolute Gasteiger partial charge is 0.0213 e. The summed E-state index contributed by atoms with van der Waals surface area (Å²) in [5.41, 5.74) is 4.30. The zero-order valence-corrected chi connectivity index (χ0v) is 8.94. The molecule has 0 bridgehead atoms. The van der Waals surface area contributed by atoms with Gasteiger partial charge in [-0.05, 0) is 41.7 Å². The van der Waals surface area contributed by atoms with E-state index in [4.69, 9.17) is 5.84 Å². The van der Waals surface area contributed by atoms with Crippen molar-refractivity contribution in [3.05, 3.63) is 22.4 Å². The molecule has 0 saturated carbocycles. The van der Waals surface area contributed by atoms with Gasteiger partial charge in [-0.3, -0.25) is 11.3 Å². The largest absolute Gasteiger partial charge is 0.271 e. The maximum absolute atomic E-state index is 5.45. The SMILES string of the molecule is CCCC(CCc1ccsc1)NN.